The first-order chi connectivity index (χ1) is 9.78. The van der Waals surface area contributed by atoms with Crippen LogP contribution < -0.4 is 5.32 Å². The third-order valence-corrected chi connectivity index (χ3v) is 3.87. The quantitative estimate of drug-likeness (QED) is 0.781. The highest BCUT2D eigenvalue weighted by Gasteiger charge is 2.10. The molecule has 0 saturated heterocycles. The van der Waals surface area contributed by atoms with Crippen LogP contribution in [0.1, 0.15) is 24.5 Å². The Labute approximate surface area is 130 Å². The summed E-state index contributed by atoms with van der Waals surface area (Å²) in [4.78, 5) is 0. The Morgan fingerprint density at radius 2 is 1.65 bits per heavy atom. The van der Waals surface area contributed by atoms with Gasteiger partial charge in [-0.1, -0.05) is 65.3 Å². The van der Waals surface area contributed by atoms with E-state index in [4.69, 9.17) is 0 Å². The summed E-state index contributed by atoms with van der Waals surface area (Å²) in [7, 11) is 0. The molecule has 106 valence electrons. The van der Waals surface area contributed by atoms with Gasteiger partial charge in [0.1, 0.15) is 0 Å². The molecule has 20 heavy (non-hydrogen) atoms. The van der Waals surface area contributed by atoms with E-state index in [1.807, 2.05) is 0 Å². The standard InChI is InChI=1S/C18H22BrN/c1-2-11-20-18(13-15-7-4-3-5-8-15)14-16-9-6-10-17(19)12-16/h3-10,12,18,20H,2,11,13-14H2,1H3. The molecule has 2 heteroatoms. The molecule has 0 spiro atoms. The van der Waals surface area contributed by atoms with Crippen molar-refractivity contribution in [2.45, 2.75) is 32.2 Å². The number of rotatable bonds is 7. The summed E-state index contributed by atoms with van der Waals surface area (Å²) in [6.45, 7) is 3.29. The number of nitrogens with one attached hydrogen (secondary N) is 1. The maximum atomic E-state index is 3.67. The van der Waals surface area contributed by atoms with Crippen molar-refractivity contribution >= 4 is 15.9 Å². The minimum Gasteiger partial charge on any atom is -0.313 e. The molecule has 1 atom stereocenters. The summed E-state index contributed by atoms with van der Waals surface area (Å²) in [5.41, 5.74) is 2.78. The number of hydrogen-bond donors (Lipinski definition) is 1. The molecule has 0 aromatic heterocycles. The van der Waals surface area contributed by atoms with Crippen LogP contribution in [0.25, 0.3) is 0 Å². The minimum atomic E-state index is 0.492. The fraction of sp³-hybridized carbons (Fsp3) is 0.333. The lowest BCUT2D eigenvalue weighted by Gasteiger charge is -2.19. The van der Waals surface area contributed by atoms with Gasteiger partial charge in [-0.2, -0.15) is 0 Å². The lowest BCUT2D eigenvalue weighted by molar-refractivity contribution is 0.504. The zero-order valence-electron chi connectivity index (χ0n) is 12.0. The molecule has 2 aromatic carbocycles. The fourth-order valence-electron chi connectivity index (χ4n) is 2.41. The topological polar surface area (TPSA) is 12.0 Å². The molecule has 2 aromatic rings. The molecule has 0 amide bonds. The molecular formula is C18H22BrN. The SMILES string of the molecule is CCCNC(Cc1ccccc1)Cc1cccc(Br)c1. The van der Waals surface area contributed by atoms with E-state index in [2.05, 4.69) is 82.8 Å². The second-order valence-corrected chi connectivity index (χ2v) is 6.09. The van der Waals surface area contributed by atoms with E-state index >= 15 is 0 Å². The Bertz CT molecular complexity index is 510. The molecule has 2 rings (SSSR count). The zero-order valence-corrected chi connectivity index (χ0v) is 13.6. The van der Waals surface area contributed by atoms with Crippen LogP contribution in [-0.2, 0) is 12.8 Å². The average molecular weight is 332 g/mol. The van der Waals surface area contributed by atoms with E-state index in [-0.39, 0.29) is 0 Å². The molecule has 1 unspecified atom stereocenters. The highest BCUT2D eigenvalue weighted by Crippen LogP contribution is 2.15. The van der Waals surface area contributed by atoms with Gasteiger partial charge in [-0.15, -0.1) is 0 Å². The molecule has 0 bridgehead atoms. The molecule has 0 radical (unpaired) electrons. The highest BCUT2D eigenvalue weighted by atomic mass is 79.9. The molecule has 1 N–H and O–H groups in total. The Hall–Kier alpha value is -1.12. The van der Waals surface area contributed by atoms with Crippen LogP contribution in [0.5, 0.6) is 0 Å². The van der Waals surface area contributed by atoms with Crippen molar-refractivity contribution in [1.29, 1.82) is 0 Å². The van der Waals surface area contributed by atoms with Crippen molar-refractivity contribution in [3.05, 3.63) is 70.2 Å². The largest absolute Gasteiger partial charge is 0.313 e. The zero-order chi connectivity index (χ0) is 14.2. The Morgan fingerprint density at radius 1 is 0.950 bits per heavy atom. The Morgan fingerprint density at radius 3 is 2.35 bits per heavy atom. The molecule has 0 aliphatic rings. The van der Waals surface area contributed by atoms with Crippen LogP contribution in [-0.4, -0.2) is 12.6 Å². The van der Waals surface area contributed by atoms with E-state index in [9.17, 15) is 0 Å². The van der Waals surface area contributed by atoms with Crippen LogP contribution >= 0.6 is 15.9 Å². The van der Waals surface area contributed by atoms with Crippen molar-refractivity contribution in [2.75, 3.05) is 6.54 Å². The summed E-state index contributed by atoms with van der Waals surface area (Å²) in [6, 6.07) is 19.8. The fourth-order valence-corrected chi connectivity index (χ4v) is 2.86. The third-order valence-electron chi connectivity index (χ3n) is 3.38. The van der Waals surface area contributed by atoms with Gasteiger partial charge in [0.15, 0.2) is 0 Å². The monoisotopic (exact) mass is 331 g/mol. The van der Waals surface area contributed by atoms with Crippen molar-refractivity contribution in [1.82, 2.24) is 5.32 Å². The predicted molar refractivity (Wildman–Crippen MR) is 90.1 cm³/mol. The molecule has 0 heterocycles. The van der Waals surface area contributed by atoms with Gasteiger partial charge in [0.2, 0.25) is 0 Å². The lowest BCUT2D eigenvalue weighted by atomic mass is 9.99. The number of halogens is 1. The van der Waals surface area contributed by atoms with Crippen LogP contribution in [0, 0.1) is 0 Å². The van der Waals surface area contributed by atoms with E-state index in [0.717, 1.165) is 23.9 Å². The van der Waals surface area contributed by atoms with Gasteiger partial charge in [0.05, 0.1) is 0 Å². The first kappa shape index (κ1) is 15.3. The second kappa shape index (κ2) is 8.23. The molecule has 0 aliphatic heterocycles. The normalized spacial score (nSPS) is 12.3. The van der Waals surface area contributed by atoms with Crippen molar-refractivity contribution < 1.29 is 0 Å². The van der Waals surface area contributed by atoms with E-state index in [1.54, 1.807) is 0 Å². The van der Waals surface area contributed by atoms with E-state index in [0.29, 0.717) is 6.04 Å². The Kier molecular flexibility index (Phi) is 6.28. The van der Waals surface area contributed by atoms with Crippen LogP contribution in [0.4, 0.5) is 0 Å². The molecule has 0 aliphatic carbocycles. The van der Waals surface area contributed by atoms with Crippen LogP contribution in [0.2, 0.25) is 0 Å². The van der Waals surface area contributed by atoms with Gasteiger partial charge in [-0.3, -0.25) is 0 Å². The van der Waals surface area contributed by atoms with Crippen LogP contribution in [0.15, 0.2) is 59.1 Å². The van der Waals surface area contributed by atoms with Gasteiger partial charge in [0.25, 0.3) is 0 Å². The van der Waals surface area contributed by atoms with Crippen LogP contribution in [0.3, 0.4) is 0 Å². The molecule has 1 nitrogen and oxygen atoms in total. The molecule has 0 saturated carbocycles. The van der Waals surface area contributed by atoms with Gasteiger partial charge in [0, 0.05) is 10.5 Å². The summed E-state index contributed by atoms with van der Waals surface area (Å²) in [5, 5.41) is 3.67. The summed E-state index contributed by atoms with van der Waals surface area (Å²) in [5.74, 6) is 0. The molecular weight excluding hydrogens is 310 g/mol. The minimum absolute atomic E-state index is 0.492. The lowest BCUT2D eigenvalue weighted by Crippen LogP contribution is -2.33. The number of benzene rings is 2. The summed E-state index contributed by atoms with van der Waals surface area (Å²) < 4.78 is 1.16. The second-order valence-electron chi connectivity index (χ2n) is 5.17. The van der Waals surface area contributed by atoms with Gasteiger partial charge in [-0.25, -0.2) is 0 Å². The van der Waals surface area contributed by atoms with Crippen molar-refractivity contribution in [2.24, 2.45) is 0 Å². The van der Waals surface area contributed by atoms with Crippen molar-refractivity contribution in [3.8, 4) is 0 Å². The van der Waals surface area contributed by atoms with Gasteiger partial charge >= 0.3 is 0 Å². The summed E-state index contributed by atoms with van der Waals surface area (Å²) in [6.07, 6.45) is 3.31. The van der Waals surface area contributed by atoms with Gasteiger partial charge in [-0.05, 0) is 49.1 Å². The predicted octanol–water partition coefficient (Wildman–Crippen LogP) is 4.60. The average Bonchev–Trinajstić information content (AvgIpc) is 2.46. The maximum Gasteiger partial charge on any atom is 0.0178 e. The smallest absolute Gasteiger partial charge is 0.0178 e. The first-order valence-corrected chi connectivity index (χ1v) is 8.09. The third kappa shape index (κ3) is 5.10. The first-order valence-electron chi connectivity index (χ1n) is 7.29. The van der Waals surface area contributed by atoms with Crippen molar-refractivity contribution in [3.63, 3.8) is 0 Å². The maximum absolute atomic E-state index is 3.67. The Balaban J connectivity index is 2.03. The highest BCUT2D eigenvalue weighted by molar-refractivity contribution is 9.10. The van der Waals surface area contributed by atoms with E-state index in [1.165, 1.54) is 17.5 Å². The summed E-state index contributed by atoms with van der Waals surface area (Å²) >= 11 is 3.55. The van der Waals surface area contributed by atoms with E-state index < -0.39 is 0 Å². The van der Waals surface area contributed by atoms with Gasteiger partial charge < -0.3 is 5.32 Å². The number of hydrogen-bond acceptors (Lipinski definition) is 1. The molecule has 0 fully saturated rings.